The number of fused-ring (bicyclic) bond motifs is 5. The lowest BCUT2D eigenvalue weighted by Gasteiger charge is -2.51. The second kappa shape index (κ2) is 11.2. The van der Waals surface area contributed by atoms with Crippen molar-refractivity contribution in [3.63, 3.8) is 0 Å². The summed E-state index contributed by atoms with van der Waals surface area (Å²) in [6.45, 7) is 5.03. The normalized spacial score (nSPS) is 24.8. The number of allylic oxidation sites excluding steroid dienone is 1. The number of amides is 1. The summed E-state index contributed by atoms with van der Waals surface area (Å²) in [5.74, 6) is 0.0469. The molecule has 5 nitrogen and oxygen atoms in total. The van der Waals surface area contributed by atoms with E-state index in [2.05, 4.69) is 43.0 Å². The fourth-order valence-corrected chi connectivity index (χ4v) is 6.52. The van der Waals surface area contributed by atoms with Gasteiger partial charge in [-0.1, -0.05) is 80.3 Å². The van der Waals surface area contributed by atoms with E-state index in [-0.39, 0.29) is 24.1 Å². The molecule has 2 heterocycles. The fraction of sp³-hybridized carbons (Fsp3) is 0.516. The molecule has 0 saturated carbocycles. The number of morpholine rings is 1. The molecule has 192 valence electrons. The Morgan fingerprint density at radius 2 is 1.56 bits per heavy atom. The van der Waals surface area contributed by atoms with Crippen LogP contribution in [0.1, 0.15) is 74.8 Å². The van der Waals surface area contributed by atoms with Gasteiger partial charge in [-0.15, -0.1) is 6.58 Å². The summed E-state index contributed by atoms with van der Waals surface area (Å²) < 4.78 is 11.8. The number of aliphatic hydroxyl groups is 1. The summed E-state index contributed by atoms with van der Waals surface area (Å²) in [6, 6.07) is 16.5. The Labute approximate surface area is 215 Å². The Kier molecular flexibility index (Phi) is 7.78. The first-order valence-corrected chi connectivity index (χ1v) is 13.6. The number of carbonyl (C=O) groups is 1. The van der Waals surface area contributed by atoms with Gasteiger partial charge in [0.1, 0.15) is 6.61 Å². The molecule has 36 heavy (non-hydrogen) atoms. The monoisotopic (exact) mass is 489 g/mol. The van der Waals surface area contributed by atoms with Crippen molar-refractivity contribution in [1.82, 2.24) is 4.90 Å². The van der Waals surface area contributed by atoms with Gasteiger partial charge in [0.05, 0.1) is 30.9 Å². The maximum absolute atomic E-state index is 13.3. The Morgan fingerprint density at radius 1 is 0.972 bits per heavy atom. The summed E-state index contributed by atoms with van der Waals surface area (Å²) in [6.07, 6.45) is 10.5. The molecule has 2 atom stereocenters. The van der Waals surface area contributed by atoms with E-state index in [0.717, 1.165) is 25.7 Å². The predicted molar refractivity (Wildman–Crippen MR) is 142 cm³/mol. The molecule has 2 aromatic rings. The van der Waals surface area contributed by atoms with Crippen LogP contribution in [0.3, 0.4) is 0 Å². The maximum atomic E-state index is 13.3. The molecule has 1 N–H and O–H groups in total. The molecule has 2 saturated heterocycles. The standard InChI is InChI=1S/C31H39NO4/c1-2-3-4-5-6-7-12-17-31(34)18-23-20-35-21-24(19-31)32(23)30(33)36-22-29-27-15-10-8-13-25(27)26-14-9-11-16-28(26)29/h2,8-11,13-16,23-24,29,34H,1,3-7,12,17-22H2. The number of ether oxygens (including phenoxy) is 2. The molecular formula is C31H39NO4. The minimum Gasteiger partial charge on any atom is -0.448 e. The molecule has 0 radical (unpaired) electrons. The highest BCUT2D eigenvalue weighted by Gasteiger charge is 2.48. The fourth-order valence-electron chi connectivity index (χ4n) is 6.52. The third-order valence-electron chi connectivity index (χ3n) is 8.24. The van der Waals surface area contributed by atoms with Crippen LogP contribution in [0, 0.1) is 0 Å². The molecule has 3 aliphatic rings. The third-order valence-corrected chi connectivity index (χ3v) is 8.24. The largest absolute Gasteiger partial charge is 0.448 e. The van der Waals surface area contributed by atoms with Crippen LogP contribution in [0.5, 0.6) is 0 Å². The van der Waals surface area contributed by atoms with Gasteiger partial charge in [-0.2, -0.15) is 0 Å². The van der Waals surface area contributed by atoms with Crippen molar-refractivity contribution >= 4 is 6.09 Å². The summed E-state index contributed by atoms with van der Waals surface area (Å²) in [5.41, 5.74) is 4.16. The molecule has 0 aromatic heterocycles. The SMILES string of the molecule is C=CCCCCCCCC1(O)CC2COCC(C1)N2C(=O)OCC1c2ccccc2-c2ccccc21. The summed E-state index contributed by atoms with van der Waals surface area (Å²) in [5, 5.41) is 11.4. The Hall–Kier alpha value is -2.63. The predicted octanol–water partition coefficient (Wildman–Crippen LogP) is 6.45. The molecule has 2 unspecified atom stereocenters. The van der Waals surface area contributed by atoms with E-state index >= 15 is 0 Å². The lowest BCUT2D eigenvalue weighted by Crippen LogP contribution is -2.63. The summed E-state index contributed by atoms with van der Waals surface area (Å²) >= 11 is 0. The van der Waals surface area contributed by atoms with Crippen molar-refractivity contribution in [3.05, 3.63) is 72.3 Å². The molecule has 5 heteroatoms. The van der Waals surface area contributed by atoms with E-state index in [9.17, 15) is 9.90 Å². The van der Waals surface area contributed by atoms with Gasteiger partial charge in [0.2, 0.25) is 0 Å². The smallest absolute Gasteiger partial charge is 0.410 e. The van der Waals surface area contributed by atoms with Crippen molar-refractivity contribution < 1.29 is 19.4 Å². The van der Waals surface area contributed by atoms with Crippen molar-refractivity contribution in [2.45, 2.75) is 81.4 Å². The second-order valence-electron chi connectivity index (χ2n) is 10.8. The number of hydrogen-bond donors (Lipinski definition) is 1. The van der Waals surface area contributed by atoms with Crippen LogP contribution in [-0.4, -0.2) is 53.6 Å². The van der Waals surface area contributed by atoms with E-state index < -0.39 is 5.60 Å². The van der Waals surface area contributed by atoms with Gasteiger partial charge >= 0.3 is 6.09 Å². The van der Waals surface area contributed by atoms with Crippen molar-refractivity contribution in [3.8, 4) is 11.1 Å². The molecule has 2 fully saturated rings. The number of piperidine rings is 1. The minimum absolute atomic E-state index is 0.0469. The zero-order valence-corrected chi connectivity index (χ0v) is 21.2. The molecule has 0 spiro atoms. The molecule has 2 aliphatic heterocycles. The van der Waals surface area contributed by atoms with Gasteiger partial charge in [-0.3, -0.25) is 4.90 Å². The Morgan fingerprint density at radius 3 is 2.19 bits per heavy atom. The van der Waals surface area contributed by atoms with Crippen LogP contribution in [0.25, 0.3) is 11.1 Å². The molecule has 1 amide bonds. The van der Waals surface area contributed by atoms with Gasteiger partial charge in [-0.05, 0) is 54.4 Å². The highest BCUT2D eigenvalue weighted by molar-refractivity contribution is 5.79. The number of rotatable bonds is 10. The summed E-state index contributed by atoms with van der Waals surface area (Å²) in [4.78, 5) is 15.2. The van der Waals surface area contributed by atoms with E-state index in [4.69, 9.17) is 9.47 Å². The number of nitrogens with zero attached hydrogens (tertiary/aromatic N) is 1. The first-order valence-electron chi connectivity index (χ1n) is 13.6. The van der Waals surface area contributed by atoms with Crippen LogP contribution in [0.4, 0.5) is 4.79 Å². The van der Waals surface area contributed by atoms with E-state index in [1.807, 2.05) is 23.1 Å². The topological polar surface area (TPSA) is 59.0 Å². The van der Waals surface area contributed by atoms with Gasteiger partial charge in [-0.25, -0.2) is 4.79 Å². The number of unbranched alkanes of at least 4 members (excludes halogenated alkanes) is 5. The lowest BCUT2D eigenvalue weighted by molar-refractivity contribution is -0.135. The maximum Gasteiger partial charge on any atom is 0.410 e. The van der Waals surface area contributed by atoms with Gasteiger partial charge in [0.15, 0.2) is 0 Å². The molecule has 2 aromatic carbocycles. The van der Waals surface area contributed by atoms with Gasteiger partial charge in [0, 0.05) is 5.92 Å². The van der Waals surface area contributed by atoms with Crippen LogP contribution in [-0.2, 0) is 9.47 Å². The highest BCUT2D eigenvalue weighted by Crippen LogP contribution is 2.45. The van der Waals surface area contributed by atoms with Crippen molar-refractivity contribution in [1.29, 1.82) is 0 Å². The van der Waals surface area contributed by atoms with Crippen LogP contribution in [0.15, 0.2) is 61.2 Å². The van der Waals surface area contributed by atoms with Gasteiger partial charge in [0.25, 0.3) is 0 Å². The number of carbonyl (C=O) groups excluding carboxylic acids is 1. The average molecular weight is 490 g/mol. The Bertz CT molecular complexity index is 1010. The van der Waals surface area contributed by atoms with Crippen LogP contribution < -0.4 is 0 Å². The quantitative estimate of drug-likeness (QED) is 0.308. The minimum atomic E-state index is -0.722. The number of hydrogen-bond acceptors (Lipinski definition) is 4. The lowest BCUT2D eigenvalue weighted by atomic mass is 9.78. The van der Waals surface area contributed by atoms with Crippen molar-refractivity contribution in [2.75, 3.05) is 19.8 Å². The van der Waals surface area contributed by atoms with Crippen LogP contribution in [0.2, 0.25) is 0 Å². The molecule has 2 bridgehead atoms. The van der Waals surface area contributed by atoms with E-state index in [1.165, 1.54) is 41.5 Å². The Balaban J connectivity index is 1.18. The zero-order chi connectivity index (χ0) is 25.0. The number of benzene rings is 2. The zero-order valence-electron chi connectivity index (χ0n) is 21.2. The van der Waals surface area contributed by atoms with E-state index in [1.54, 1.807) is 0 Å². The summed E-state index contributed by atoms with van der Waals surface area (Å²) in [7, 11) is 0. The molecule has 1 aliphatic carbocycles. The van der Waals surface area contributed by atoms with Gasteiger partial charge < -0.3 is 14.6 Å². The average Bonchev–Trinajstić information content (AvgIpc) is 3.20. The first-order chi connectivity index (χ1) is 17.6. The van der Waals surface area contributed by atoms with Crippen molar-refractivity contribution in [2.24, 2.45) is 0 Å². The first kappa shape index (κ1) is 25.0. The molecular weight excluding hydrogens is 450 g/mol. The van der Waals surface area contributed by atoms with Crippen LogP contribution >= 0.6 is 0 Å². The molecule has 5 rings (SSSR count). The highest BCUT2D eigenvalue weighted by atomic mass is 16.6. The third kappa shape index (κ3) is 5.23. The second-order valence-corrected chi connectivity index (χ2v) is 10.8. The van der Waals surface area contributed by atoms with E-state index in [0.29, 0.717) is 32.7 Å².